The zero-order valence-corrected chi connectivity index (χ0v) is 18.7. The topological polar surface area (TPSA) is 84.0 Å². The first kappa shape index (κ1) is 23.3. The van der Waals surface area contributed by atoms with Crippen LogP contribution in [-0.2, 0) is 11.3 Å². The number of rotatable bonds is 10. The second kappa shape index (κ2) is 12.6. The molecule has 1 aliphatic rings. The fourth-order valence-electron chi connectivity index (χ4n) is 2.47. The van der Waals surface area contributed by atoms with Gasteiger partial charge in [0.05, 0.1) is 20.8 Å². The predicted octanol–water partition coefficient (Wildman–Crippen LogP) is 2.44. The quantitative estimate of drug-likeness (QED) is 0.203. The molecule has 1 aliphatic carbocycles. The van der Waals surface area contributed by atoms with Gasteiger partial charge < -0.3 is 25.4 Å². The number of amides is 1. The molecule has 27 heavy (non-hydrogen) atoms. The molecular weight excluding hydrogens is 459 g/mol. The number of nitrogens with one attached hydrogen (secondary N) is 3. The largest absolute Gasteiger partial charge is 0.493 e. The fourth-order valence-corrected chi connectivity index (χ4v) is 2.47. The Balaban J connectivity index is 0.00000364. The van der Waals surface area contributed by atoms with Crippen molar-refractivity contribution in [2.45, 2.75) is 45.2 Å². The van der Waals surface area contributed by atoms with Crippen molar-refractivity contribution >= 4 is 35.8 Å². The van der Waals surface area contributed by atoms with Crippen LogP contribution in [-0.4, -0.2) is 45.2 Å². The predicted molar refractivity (Wildman–Crippen MR) is 118 cm³/mol. The zero-order chi connectivity index (χ0) is 18.8. The Labute approximate surface area is 178 Å². The molecule has 0 unspecified atom stereocenters. The molecule has 0 aromatic heterocycles. The second-order valence-corrected chi connectivity index (χ2v) is 6.26. The van der Waals surface area contributed by atoms with E-state index in [1.807, 2.05) is 25.1 Å². The Morgan fingerprint density at radius 2 is 1.93 bits per heavy atom. The number of benzene rings is 1. The number of hydrogen-bond donors (Lipinski definition) is 3. The van der Waals surface area contributed by atoms with Crippen molar-refractivity contribution in [3.8, 4) is 11.5 Å². The fraction of sp³-hybridized carbons (Fsp3) is 0.579. The molecule has 0 atom stereocenters. The van der Waals surface area contributed by atoms with Crippen LogP contribution in [0, 0.1) is 0 Å². The Hall–Kier alpha value is -1.71. The normalized spacial score (nSPS) is 13.4. The third-order valence-electron chi connectivity index (χ3n) is 4.03. The number of methoxy groups -OCH3 is 2. The van der Waals surface area contributed by atoms with Gasteiger partial charge in [-0.3, -0.25) is 4.79 Å². The van der Waals surface area contributed by atoms with Crippen LogP contribution in [0.1, 0.15) is 38.2 Å². The summed E-state index contributed by atoms with van der Waals surface area (Å²) in [5.74, 6) is 2.28. The third kappa shape index (κ3) is 8.68. The molecule has 1 aromatic carbocycles. The van der Waals surface area contributed by atoms with Crippen molar-refractivity contribution in [2.24, 2.45) is 4.99 Å². The van der Waals surface area contributed by atoms with E-state index in [4.69, 9.17) is 9.47 Å². The molecule has 8 heteroatoms. The van der Waals surface area contributed by atoms with Crippen molar-refractivity contribution < 1.29 is 14.3 Å². The van der Waals surface area contributed by atoms with Crippen LogP contribution in [0.15, 0.2) is 23.2 Å². The highest BCUT2D eigenvalue weighted by molar-refractivity contribution is 14.0. The van der Waals surface area contributed by atoms with E-state index in [9.17, 15) is 4.79 Å². The molecule has 1 aromatic rings. The third-order valence-corrected chi connectivity index (χ3v) is 4.03. The van der Waals surface area contributed by atoms with Gasteiger partial charge in [-0.15, -0.1) is 24.0 Å². The summed E-state index contributed by atoms with van der Waals surface area (Å²) < 4.78 is 10.6. The molecule has 0 saturated heterocycles. The average Bonchev–Trinajstić information content (AvgIpc) is 3.46. The first-order valence-electron chi connectivity index (χ1n) is 9.18. The van der Waals surface area contributed by atoms with Crippen LogP contribution in [0.3, 0.4) is 0 Å². The van der Waals surface area contributed by atoms with Gasteiger partial charge in [-0.05, 0) is 43.9 Å². The summed E-state index contributed by atoms with van der Waals surface area (Å²) in [6.07, 6.45) is 3.56. The highest BCUT2D eigenvalue weighted by atomic mass is 127. The smallest absolute Gasteiger partial charge is 0.220 e. The van der Waals surface area contributed by atoms with Gasteiger partial charge in [0, 0.05) is 25.6 Å². The molecule has 0 radical (unpaired) electrons. The number of guanidine groups is 1. The van der Waals surface area contributed by atoms with Gasteiger partial charge in [-0.1, -0.05) is 6.07 Å². The summed E-state index contributed by atoms with van der Waals surface area (Å²) in [5.41, 5.74) is 1.03. The number of halogens is 1. The molecule has 0 aliphatic heterocycles. The monoisotopic (exact) mass is 490 g/mol. The molecular formula is C19H31IN4O3. The van der Waals surface area contributed by atoms with Gasteiger partial charge in [0.15, 0.2) is 17.5 Å². The Morgan fingerprint density at radius 3 is 2.56 bits per heavy atom. The molecule has 0 spiro atoms. The maximum Gasteiger partial charge on any atom is 0.220 e. The standard InChI is InChI=1S/C19H30N4O3.HI/c1-4-20-19(21-11-5-6-18(24)23-15-8-9-15)22-13-14-7-10-16(25-2)17(12-14)26-3;/h7,10,12,15H,4-6,8-9,11,13H2,1-3H3,(H,23,24)(H2,20,21,22);1H. The highest BCUT2D eigenvalue weighted by Gasteiger charge is 2.22. The van der Waals surface area contributed by atoms with E-state index < -0.39 is 0 Å². The number of aliphatic imine (C=N–C) groups is 1. The summed E-state index contributed by atoms with van der Waals surface area (Å²) in [6, 6.07) is 6.20. The summed E-state index contributed by atoms with van der Waals surface area (Å²) in [6.45, 7) is 4.03. The van der Waals surface area contributed by atoms with Crippen LogP contribution in [0.25, 0.3) is 0 Å². The highest BCUT2D eigenvalue weighted by Crippen LogP contribution is 2.27. The van der Waals surface area contributed by atoms with E-state index in [2.05, 4.69) is 20.9 Å². The summed E-state index contributed by atoms with van der Waals surface area (Å²) in [5, 5.41) is 9.49. The first-order valence-corrected chi connectivity index (χ1v) is 9.18. The van der Waals surface area contributed by atoms with Crippen molar-refractivity contribution in [3.05, 3.63) is 23.8 Å². The number of nitrogens with zero attached hydrogens (tertiary/aromatic N) is 1. The van der Waals surface area contributed by atoms with Crippen LogP contribution >= 0.6 is 24.0 Å². The van der Waals surface area contributed by atoms with Gasteiger partial charge in [0.1, 0.15) is 0 Å². The minimum absolute atomic E-state index is 0. The van der Waals surface area contributed by atoms with E-state index in [0.29, 0.717) is 37.1 Å². The molecule has 1 fully saturated rings. The number of hydrogen-bond acceptors (Lipinski definition) is 4. The average molecular weight is 490 g/mol. The second-order valence-electron chi connectivity index (χ2n) is 6.26. The van der Waals surface area contributed by atoms with Crippen molar-refractivity contribution in [3.63, 3.8) is 0 Å². The summed E-state index contributed by atoms with van der Waals surface area (Å²) in [4.78, 5) is 16.3. The molecule has 2 rings (SSSR count). The molecule has 0 heterocycles. The number of carbonyl (C=O) groups is 1. The maximum absolute atomic E-state index is 11.7. The van der Waals surface area contributed by atoms with Gasteiger partial charge in [-0.2, -0.15) is 0 Å². The van der Waals surface area contributed by atoms with E-state index in [0.717, 1.165) is 37.3 Å². The Bertz CT molecular complexity index is 621. The lowest BCUT2D eigenvalue weighted by Gasteiger charge is -2.12. The molecule has 152 valence electrons. The van der Waals surface area contributed by atoms with Crippen LogP contribution in [0.5, 0.6) is 11.5 Å². The van der Waals surface area contributed by atoms with Crippen molar-refractivity contribution in [1.82, 2.24) is 16.0 Å². The molecule has 1 saturated carbocycles. The van der Waals surface area contributed by atoms with Gasteiger partial charge in [-0.25, -0.2) is 4.99 Å². The lowest BCUT2D eigenvalue weighted by Crippen LogP contribution is -2.38. The summed E-state index contributed by atoms with van der Waals surface area (Å²) >= 11 is 0. The van der Waals surface area contributed by atoms with Gasteiger partial charge in [0.2, 0.25) is 5.91 Å². The van der Waals surface area contributed by atoms with E-state index in [1.54, 1.807) is 14.2 Å². The first-order chi connectivity index (χ1) is 12.7. The Kier molecular flexibility index (Phi) is 10.9. The van der Waals surface area contributed by atoms with E-state index >= 15 is 0 Å². The van der Waals surface area contributed by atoms with Gasteiger partial charge in [0.25, 0.3) is 0 Å². The molecule has 7 nitrogen and oxygen atoms in total. The lowest BCUT2D eigenvalue weighted by atomic mass is 10.2. The zero-order valence-electron chi connectivity index (χ0n) is 16.3. The number of ether oxygens (including phenoxy) is 2. The van der Waals surface area contributed by atoms with Crippen LogP contribution < -0.4 is 25.4 Å². The lowest BCUT2D eigenvalue weighted by molar-refractivity contribution is -0.121. The maximum atomic E-state index is 11.7. The van der Waals surface area contributed by atoms with E-state index in [-0.39, 0.29) is 29.9 Å². The minimum Gasteiger partial charge on any atom is -0.493 e. The van der Waals surface area contributed by atoms with Crippen molar-refractivity contribution in [1.29, 1.82) is 0 Å². The Morgan fingerprint density at radius 1 is 1.19 bits per heavy atom. The molecule has 3 N–H and O–H groups in total. The molecule has 0 bridgehead atoms. The van der Waals surface area contributed by atoms with Crippen molar-refractivity contribution in [2.75, 3.05) is 27.3 Å². The summed E-state index contributed by atoms with van der Waals surface area (Å²) in [7, 11) is 3.24. The number of carbonyl (C=O) groups excluding carboxylic acids is 1. The minimum atomic E-state index is 0. The molecule has 1 amide bonds. The van der Waals surface area contributed by atoms with Gasteiger partial charge >= 0.3 is 0 Å². The SMILES string of the molecule is CCNC(=NCc1ccc(OC)c(OC)c1)NCCCC(=O)NC1CC1.I. The van der Waals surface area contributed by atoms with E-state index in [1.165, 1.54) is 0 Å². The van der Waals surface area contributed by atoms with Crippen LogP contribution in [0.4, 0.5) is 0 Å². The van der Waals surface area contributed by atoms with Crippen LogP contribution in [0.2, 0.25) is 0 Å².